The lowest BCUT2D eigenvalue weighted by molar-refractivity contribution is 0.309. The molecule has 1 aromatic rings. The highest BCUT2D eigenvalue weighted by Gasteiger charge is 2.08. The highest BCUT2D eigenvalue weighted by atomic mass is 32.2. The van der Waals surface area contributed by atoms with E-state index < -0.39 is 9.84 Å². The van der Waals surface area contributed by atoms with Crippen LogP contribution in [0.4, 0.5) is 0 Å². The summed E-state index contributed by atoms with van der Waals surface area (Å²) in [5.41, 5.74) is 5.04. The smallest absolute Gasteiger partial charge is 0.270 e. The Bertz CT molecular complexity index is 568. The summed E-state index contributed by atoms with van der Waals surface area (Å²) in [7, 11) is -3.01. The molecule has 0 atom stereocenters. The van der Waals surface area contributed by atoms with Gasteiger partial charge in [-0.1, -0.05) is 6.92 Å². The van der Waals surface area contributed by atoms with Crippen molar-refractivity contribution in [2.75, 3.05) is 24.7 Å². The van der Waals surface area contributed by atoms with Crippen LogP contribution in [0, 0.1) is 0 Å². The fourth-order valence-electron chi connectivity index (χ4n) is 1.52. The second-order valence-electron chi connectivity index (χ2n) is 4.33. The van der Waals surface area contributed by atoms with Gasteiger partial charge in [0, 0.05) is 18.4 Å². The first-order chi connectivity index (χ1) is 9.48. The van der Waals surface area contributed by atoms with Gasteiger partial charge in [-0.25, -0.2) is 13.1 Å². The van der Waals surface area contributed by atoms with Gasteiger partial charge >= 0.3 is 0 Å². The van der Waals surface area contributed by atoms with Crippen LogP contribution >= 0.6 is 0 Å². The predicted octanol–water partition coefficient (Wildman–Crippen LogP) is -0.204. The van der Waals surface area contributed by atoms with Crippen LogP contribution in [0.2, 0.25) is 0 Å². The molecule has 20 heavy (non-hydrogen) atoms. The summed E-state index contributed by atoms with van der Waals surface area (Å²) in [4.78, 5) is 11.7. The number of ether oxygens (including phenoxy) is 1. The molecule has 0 saturated carbocycles. The summed E-state index contributed by atoms with van der Waals surface area (Å²) < 4.78 is 29.2. The van der Waals surface area contributed by atoms with Crippen LogP contribution in [0.3, 0.4) is 0 Å². The minimum atomic E-state index is -3.01. The summed E-state index contributed by atoms with van der Waals surface area (Å²) >= 11 is 0. The van der Waals surface area contributed by atoms with Crippen molar-refractivity contribution >= 4 is 9.84 Å². The molecule has 2 N–H and O–H groups in total. The first-order valence-electron chi connectivity index (χ1n) is 6.59. The minimum Gasteiger partial charge on any atom is -0.492 e. The Morgan fingerprint density at radius 3 is 2.75 bits per heavy atom. The van der Waals surface area contributed by atoms with Crippen molar-refractivity contribution in [1.29, 1.82) is 0 Å². The molecular formula is C12H21N3O4S. The third-order valence-electron chi connectivity index (χ3n) is 2.73. The van der Waals surface area contributed by atoms with Gasteiger partial charge in [-0.05, 0) is 19.4 Å². The normalized spacial score (nSPS) is 11.5. The van der Waals surface area contributed by atoms with E-state index in [9.17, 15) is 13.2 Å². The van der Waals surface area contributed by atoms with Crippen molar-refractivity contribution in [2.24, 2.45) is 5.73 Å². The van der Waals surface area contributed by atoms with Crippen LogP contribution in [-0.4, -0.2) is 42.9 Å². The van der Waals surface area contributed by atoms with E-state index in [-0.39, 0.29) is 23.6 Å². The van der Waals surface area contributed by atoms with Gasteiger partial charge in [-0.3, -0.25) is 4.79 Å². The van der Waals surface area contributed by atoms with Gasteiger partial charge in [-0.15, -0.1) is 0 Å². The van der Waals surface area contributed by atoms with Gasteiger partial charge in [0.05, 0.1) is 18.6 Å². The van der Waals surface area contributed by atoms with E-state index >= 15 is 0 Å². The standard InChI is InChI=1S/C12H21N3O4S/c1-2-20(17,18)8-4-6-15-12(16)9-11(10-14-15)19-7-3-5-13/h9-10H,2-8,13H2,1H3. The zero-order valence-electron chi connectivity index (χ0n) is 11.6. The maximum Gasteiger partial charge on any atom is 0.270 e. The second-order valence-corrected chi connectivity index (χ2v) is 6.81. The summed E-state index contributed by atoms with van der Waals surface area (Å²) in [6.07, 6.45) is 2.53. The van der Waals surface area contributed by atoms with Crippen LogP contribution in [0.15, 0.2) is 17.1 Å². The van der Waals surface area contributed by atoms with E-state index in [1.165, 1.54) is 16.9 Å². The molecule has 0 saturated heterocycles. The molecule has 0 aromatic carbocycles. The molecule has 0 radical (unpaired) electrons. The molecule has 114 valence electrons. The van der Waals surface area contributed by atoms with Crippen molar-refractivity contribution in [1.82, 2.24) is 9.78 Å². The number of rotatable bonds is 9. The molecule has 1 aromatic heterocycles. The number of nitrogens with two attached hydrogens (primary N) is 1. The zero-order valence-corrected chi connectivity index (χ0v) is 12.4. The Kier molecular flexibility index (Phi) is 6.66. The Morgan fingerprint density at radius 2 is 2.15 bits per heavy atom. The highest BCUT2D eigenvalue weighted by Crippen LogP contribution is 2.04. The molecule has 8 heteroatoms. The molecule has 0 aliphatic carbocycles. The molecule has 0 fully saturated rings. The molecule has 7 nitrogen and oxygen atoms in total. The zero-order chi connectivity index (χ0) is 15.0. The first kappa shape index (κ1) is 16.6. The van der Waals surface area contributed by atoms with Gasteiger partial charge in [0.1, 0.15) is 15.6 Å². The number of nitrogens with zero attached hydrogens (tertiary/aromatic N) is 2. The molecule has 0 aliphatic rings. The molecule has 1 heterocycles. The maximum atomic E-state index is 11.7. The van der Waals surface area contributed by atoms with Crippen LogP contribution in [0.5, 0.6) is 5.75 Å². The van der Waals surface area contributed by atoms with Crippen molar-refractivity contribution in [3.63, 3.8) is 0 Å². The Balaban J connectivity index is 2.54. The van der Waals surface area contributed by atoms with E-state index in [1.54, 1.807) is 6.92 Å². The topological polar surface area (TPSA) is 104 Å². The van der Waals surface area contributed by atoms with Crippen molar-refractivity contribution in [3.05, 3.63) is 22.6 Å². The van der Waals surface area contributed by atoms with Crippen LogP contribution in [-0.2, 0) is 16.4 Å². The van der Waals surface area contributed by atoms with E-state index in [2.05, 4.69) is 5.10 Å². The second kappa shape index (κ2) is 8.01. The van der Waals surface area contributed by atoms with Gasteiger partial charge in [0.2, 0.25) is 0 Å². The molecule has 0 bridgehead atoms. The average Bonchev–Trinajstić information content (AvgIpc) is 2.41. The fraction of sp³-hybridized carbons (Fsp3) is 0.667. The third kappa shape index (κ3) is 5.70. The lowest BCUT2D eigenvalue weighted by Crippen LogP contribution is -2.23. The Morgan fingerprint density at radius 1 is 1.40 bits per heavy atom. The lowest BCUT2D eigenvalue weighted by atomic mass is 10.4. The van der Waals surface area contributed by atoms with Gasteiger partial charge in [0.25, 0.3) is 5.56 Å². The quantitative estimate of drug-likeness (QED) is 0.633. The largest absolute Gasteiger partial charge is 0.492 e. The summed E-state index contributed by atoms with van der Waals surface area (Å²) in [6.45, 7) is 2.85. The molecule has 1 rings (SSSR count). The summed E-state index contributed by atoms with van der Waals surface area (Å²) in [5, 5.41) is 3.96. The van der Waals surface area contributed by atoms with Crippen LogP contribution in [0.1, 0.15) is 19.8 Å². The number of aryl methyl sites for hydroxylation is 1. The minimum absolute atomic E-state index is 0.0619. The van der Waals surface area contributed by atoms with Crippen molar-refractivity contribution < 1.29 is 13.2 Å². The molecular weight excluding hydrogens is 282 g/mol. The molecule has 0 spiro atoms. The predicted molar refractivity (Wildman–Crippen MR) is 76.6 cm³/mol. The molecule has 0 amide bonds. The van der Waals surface area contributed by atoms with Gasteiger partial charge < -0.3 is 10.5 Å². The Labute approximate surface area is 118 Å². The van der Waals surface area contributed by atoms with Crippen LogP contribution < -0.4 is 16.0 Å². The maximum absolute atomic E-state index is 11.7. The van der Waals surface area contributed by atoms with Crippen LogP contribution in [0.25, 0.3) is 0 Å². The number of hydrogen-bond donors (Lipinski definition) is 1. The highest BCUT2D eigenvalue weighted by molar-refractivity contribution is 7.91. The number of hydrogen-bond acceptors (Lipinski definition) is 6. The monoisotopic (exact) mass is 303 g/mol. The average molecular weight is 303 g/mol. The fourth-order valence-corrected chi connectivity index (χ4v) is 2.37. The number of sulfone groups is 1. The number of aromatic nitrogens is 2. The third-order valence-corrected chi connectivity index (χ3v) is 4.52. The van der Waals surface area contributed by atoms with E-state index in [0.29, 0.717) is 31.7 Å². The summed E-state index contributed by atoms with van der Waals surface area (Å²) in [5.74, 6) is 0.580. The van der Waals surface area contributed by atoms with Crippen molar-refractivity contribution in [2.45, 2.75) is 26.3 Å². The molecule has 0 aliphatic heterocycles. The van der Waals surface area contributed by atoms with Gasteiger partial charge in [0.15, 0.2) is 0 Å². The van der Waals surface area contributed by atoms with Crippen molar-refractivity contribution in [3.8, 4) is 5.75 Å². The summed E-state index contributed by atoms with van der Waals surface area (Å²) in [6, 6.07) is 1.35. The Hall–Kier alpha value is -1.41. The van der Waals surface area contributed by atoms with E-state index in [1.807, 2.05) is 0 Å². The van der Waals surface area contributed by atoms with E-state index in [4.69, 9.17) is 10.5 Å². The van der Waals surface area contributed by atoms with E-state index in [0.717, 1.165) is 0 Å². The lowest BCUT2D eigenvalue weighted by Gasteiger charge is -2.07. The first-order valence-corrected chi connectivity index (χ1v) is 8.41. The van der Waals surface area contributed by atoms with Gasteiger partial charge in [-0.2, -0.15) is 5.10 Å². The molecule has 0 unspecified atom stereocenters. The SMILES string of the molecule is CCS(=O)(=O)CCCn1ncc(OCCCN)cc1=O.